The third kappa shape index (κ3) is 2.58. The summed E-state index contributed by atoms with van der Waals surface area (Å²) in [6.07, 6.45) is 3.24. The fourth-order valence-electron chi connectivity index (χ4n) is 2.00. The van der Waals surface area contributed by atoms with Crippen molar-refractivity contribution >= 4 is 39.7 Å². The highest BCUT2D eigenvalue weighted by atomic mass is 32.1. The maximum absolute atomic E-state index is 12.0. The largest absolute Gasteiger partial charge is 0.463 e. The zero-order chi connectivity index (χ0) is 15.7. The van der Waals surface area contributed by atoms with Crippen LogP contribution in [0.4, 0.5) is 0 Å². The smallest absolute Gasteiger partial charge is 0.373 e. The zero-order valence-corrected chi connectivity index (χ0v) is 12.7. The first-order valence-corrected chi connectivity index (χ1v) is 7.31. The molecule has 3 aromatic heterocycles. The van der Waals surface area contributed by atoms with Crippen molar-refractivity contribution in [2.45, 2.75) is 6.92 Å². The number of hydrogen-bond donors (Lipinski definition) is 1. The molecular weight excluding hydrogens is 304 g/mol. The number of hydrogen-bond acceptors (Lipinski definition) is 6. The summed E-state index contributed by atoms with van der Waals surface area (Å²) in [5, 5.41) is 2.52. The van der Waals surface area contributed by atoms with Crippen molar-refractivity contribution in [2.75, 3.05) is 7.11 Å². The number of carbonyl (C=O) groups excluding carboxylic acids is 1. The van der Waals surface area contributed by atoms with Crippen LogP contribution < -0.4 is 5.56 Å². The molecule has 0 spiro atoms. The van der Waals surface area contributed by atoms with E-state index < -0.39 is 5.97 Å². The fraction of sp³-hybridized carbons (Fsp3) is 0.133. The van der Waals surface area contributed by atoms with Gasteiger partial charge in [-0.25, -0.2) is 9.78 Å². The number of aromatic amines is 1. The van der Waals surface area contributed by atoms with Crippen molar-refractivity contribution in [3.05, 3.63) is 50.8 Å². The molecule has 0 aliphatic heterocycles. The van der Waals surface area contributed by atoms with Crippen LogP contribution in [-0.2, 0) is 4.74 Å². The Morgan fingerprint density at radius 2 is 2.23 bits per heavy atom. The number of fused-ring (bicyclic) bond motifs is 1. The number of furan rings is 1. The molecule has 0 saturated heterocycles. The van der Waals surface area contributed by atoms with Gasteiger partial charge >= 0.3 is 5.97 Å². The van der Waals surface area contributed by atoms with Crippen LogP contribution in [0.2, 0.25) is 0 Å². The van der Waals surface area contributed by atoms with Crippen LogP contribution in [0.1, 0.15) is 27.7 Å². The van der Waals surface area contributed by atoms with E-state index in [9.17, 15) is 9.59 Å². The number of aromatic nitrogens is 2. The van der Waals surface area contributed by atoms with Crippen LogP contribution in [0.15, 0.2) is 26.7 Å². The Labute approximate surface area is 129 Å². The molecule has 6 nitrogen and oxygen atoms in total. The van der Waals surface area contributed by atoms with Crippen molar-refractivity contribution in [2.24, 2.45) is 0 Å². The number of ether oxygens (including phenoxy) is 1. The Balaban J connectivity index is 1.91. The van der Waals surface area contributed by atoms with Crippen molar-refractivity contribution in [3.8, 4) is 0 Å². The average molecular weight is 316 g/mol. The summed E-state index contributed by atoms with van der Waals surface area (Å²) in [5.74, 6) is 0.468. The quantitative estimate of drug-likeness (QED) is 0.751. The topological polar surface area (TPSA) is 85.2 Å². The van der Waals surface area contributed by atoms with Gasteiger partial charge in [0.25, 0.3) is 5.56 Å². The zero-order valence-electron chi connectivity index (χ0n) is 11.9. The Bertz CT molecular complexity index is 933. The molecular formula is C15H12N2O4S. The Morgan fingerprint density at radius 3 is 3.00 bits per heavy atom. The Morgan fingerprint density at radius 1 is 1.41 bits per heavy atom. The second-order valence-electron chi connectivity index (χ2n) is 4.58. The lowest BCUT2D eigenvalue weighted by Crippen LogP contribution is -2.08. The molecule has 0 bridgehead atoms. The van der Waals surface area contributed by atoms with Gasteiger partial charge in [0, 0.05) is 0 Å². The second-order valence-corrected chi connectivity index (χ2v) is 5.44. The highest BCUT2D eigenvalue weighted by molar-refractivity contribution is 7.16. The van der Waals surface area contributed by atoms with Gasteiger partial charge in [0.2, 0.25) is 5.76 Å². The maximum atomic E-state index is 12.0. The summed E-state index contributed by atoms with van der Waals surface area (Å²) in [6.45, 7) is 1.88. The molecule has 0 atom stereocenters. The lowest BCUT2D eigenvalue weighted by molar-refractivity contribution is 0.0564. The highest BCUT2D eigenvalue weighted by Gasteiger charge is 2.10. The predicted molar refractivity (Wildman–Crippen MR) is 84.0 cm³/mol. The van der Waals surface area contributed by atoms with Crippen LogP contribution in [0.5, 0.6) is 0 Å². The van der Waals surface area contributed by atoms with Gasteiger partial charge in [-0.2, -0.15) is 0 Å². The molecule has 0 amide bonds. The third-order valence-corrected chi connectivity index (χ3v) is 4.06. The summed E-state index contributed by atoms with van der Waals surface area (Å²) in [7, 11) is 1.28. The first-order chi connectivity index (χ1) is 10.6. The van der Waals surface area contributed by atoms with Crippen molar-refractivity contribution < 1.29 is 13.9 Å². The molecule has 22 heavy (non-hydrogen) atoms. The van der Waals surface area contributed by atoms with E-state index in [1.165, 1.54) is 24.5 Å². The average Bonchev–Trinajstić information content (AvgIpc) is 3.12. The van der Waals surface area contributed by atoms with E-state index in [4.69, 9.17) is 4.42 Å². The van der Waals surface area contributed by atoms with Gasteiger partial charge in [0.15, 0.2) is 0 Å². The van der Waals surface area contributed by atoms with Crippen LogP contribution in [0.3, 0.4) is 0 Å². The maximum Gasteiger partial charge on any atom is 0.373 e. The van der Waals surface area contributed by atoms with Crippen molar-refractivity contribution in [1.82, 2.24) is 9.97 Å². The first-order valence-electron chi connectivity index (χ1n) is 6.43. The van der Waals surface area contributed by atoms with Gasteiger partial charge < -0.3 is 14.1 Å². The molecule has 112 valence electrons. The molecule has 3 heterocycles. The SMILES string of the molecule is COC(=O)c1ccc(/C=C/c2nc3scc(C)c3c(=O)[nH]2)o1. The lowest BCUT2D eigenvalue weighted by Gasteiger charge is -1.95. The van der Waals surface area contributed by atoms with Gasteiger partial charge in [0.1, 0.15) is 16.4 Å². The third-order valence-electron chi connectivity index (χ3n) is 3.07. The van der Waals surface area contributed by atoms with E-state index in [0.29, 0.717) is 21.8 Å². The predicted octanol–water partition coefficient (Wildman–Crippen LogP) is 2.84. The molecule has 3 aromatic rings. The number of carbonyl (C=O) groups is 1. The second kappa shape index (κ2) is 5.61. The van der Waals surface area contributed by atoms with E-state index in [2.05, 4.69) is 14.7 Å². The number of esters is 1. The number of nitrogens with one attached hydrogen (secondary N) is 1. The van der Waals surface area contributed by atoms with E-state index in [1.807, 2.05) is 12.3 Å². The normalized spacial score (nSPS) is 11.4. The van der Waals surface area contributed by atoms with Gasteiger partial charge in [-0.15, -0.1) is 11.3 Å². The summed E-state index contributed by atoms with van der Waals surface area (Å²) < 4.78 is 9.86. The molecule has 0 fully saturated rings. The van der Waals surface area contributed by atoms with Crippen LogP contribution in [-0.4, -0.2) is 23.0 Å². The monoisotopic (exact) mass is 316 g/mol. The van der Waals surface area contributed by atoms with Gasteiger partial charge in [-0.3, -0.25) is 4.79 Å². The van der Waals surface area contributed by atoms with Gasteiger partial charge in [0.05, 0.1) is 12.5 Å². The van der Waals surface area contributed by atoms with Crippen LogP contribution >= 0.6 is 11.3 Å². The van der Waals surface area contributed by atoms with Crippen molar-refractivity contribution in [1.29, 1.82) is 0 Å². The molecule has 0 saturated carbocycles. The summed E-state index contributed by atoms with van der Waals surface area (Å²) in [6, 6.07) is 3.15. The van der Waals surface area contributed by atoms with E-state index in [-0.39, 0.29) is 11.3 Å². The molecule has 7 heteroatoms. The number of methoxy groups -OCH3 is 1. The minimum atomic E-state index is -0.540. The van der Waals surface area contributed by atoms with E-state index in [1.54, 1.807) is 18.2 Å². The Kier molecular flexibility index (Phi) is 3.64. The lowest BCUT2D eigenvalue weighted by atomic mass is 10.3. The first kappa shape index (κ1) is 14.3. The summed E-state index contributed by atoms with van der Waals surface area (Å²) in [4.78, 5) is 31.1. The van der Waals surface area contributed by atoms with Crippen LogP contribution in [0.25, 0.3) is 22.4 Å². The number of rotatable bonds is 3. The standard InChI is InChI=1S/C15H12N2O4S/c1-8-7-22-14-12(8)13(18)16-11(17-14)6-4-9-3-5-10(21-9)15(19)20-2/h3-7H,1-2H3,(H,16,17,18)/b6-4+. The Hall–Kier alpha value is -2.67. The minimum absolute atomic E-state index is 0.118. The number of H-pyrrole nitrogens is 1. The number of thiophene rings is 1. The van der Waals surface area contributed by atoms with Gasteiger partial charge in [-0.1, -0.05) is 0 Å². The molecule has 0 aliphatic carbocycles. The summed E-state index contributed by atoms with van der Waals surface area (Å²) in [5.41, 5.74) is 0.746. The molecule has 0 radical (unpaired) electrons. The molecule has 0 unspecified atom stereocenters. The fourth-order valence-corrected chi connectivity index (χ4v) is 2.93. The van der Waals surface area contributed by atoms with Gasteiger partial charge in [-0.05, 0) is 42.2 Å². The number of nitrogens with zero attached hydrogens (tertiary/aromatic N) is 1. The van der Waals surface area contributed by atoms with E-state index in [0.717, 1.165) is 5.56 Å². The highest BCUT2D eigenvalue weighted by Crippen LogP contribution is 2.20. The summed E-state index contributed by atoms with van der Waals surface area (Å²) >= 11 is 1.43. The minimum Gasteiger partial charge on any atom is -0.463 e. The molecule has 1 N–H and O–H groups in total. The molecule has 3 rings (SSSR count). The number of aryl methyl sites for hydroxylation is 1. The van der Waals surface area contributed by atoms with Crippen molar-refractivity contribution in [3.63, 3.8) is 0 Å². The molecule has 0 aliphatic rings. The van der Waals surface area contributed by atoms with E-state index >= 15 is 0 Å². The molecule has 0 aromatic carbocycles. The van der Waals surface area contributed by atoms with Crippen LogP contribution in [0, 0.1) is 6.92 Å².